The number of hydrogen-bond acceptors (Lipinski definition) is 4. The Bertz CT molecular complexity index is 893. The number of benzene rings is 2. The van der Waals surface area contributed by atoms with Crippen LogP contribution in [0.2, 0.25) is 0 Å². The summed E-state index contributed by atoms with van der Waals surface area (Å²) in [6, 6.07) is 13.2. The molecule has 0 aliphatic heterocycles. The number of amides is 1. The fourth-order valence-corrected chi connectivity index (χ4v) is 3.76. The molecule has 7 heteroatoms. The van der Waals surface area contributed by atoms with Crippen LogP contribution in [-0.2, 0) is 27.8 Å². The number of nitrogens with zero attached hydrogens (tertiary/aromatic N) is 1. The Balaban J connectivity index is 1.99. The summed E-state index contributed by atoms with van der Waals surface area (Å²) in [6.45, 7) is 4.69. The third-order valence-electron chi connectivity index (χ3n) is 4.33. The number of carbonyl (C=O) groups excluding carboxylic acids is 1. The number of anilines is 1. The third-order valence-corrected chi connectivity index (χ3v) is 5.88. The summed E-state index contributed by atoms with van der Waals surface area (Å²) < 4.78 is 26.4. The lowest BCUT2D eigenvalue weighted by Gasteiger charge is -2.17. The van der Waals surface area contributed by atoms with E-state index in [-0.39, 0.29) is 17.3 Å². The van der Waals surface area contributed by atoms with Gasteiger partial charge >= 0.3 is 0 Å². The second-order valence-electron chi connectivity index (χ2n) is 6.58. The number of carbonyl (C=O) groups is 1. The van der Waals surface area contributed by atoms with Crippen LogP contribution in [-0.4, -0.2) is 39.9 Å². The van der Waals surface area contributed by atoms with Crippen molar-refractivity contribution in [2.75, 3.05) is 26.0 Å². The van der Waals surface area contributed by atoms with Crippen molar-refractivity contribution in [2.24, 2.45) is 0 Å². The summed E-state index contributed by atoms with van der Waals surface area (Å²) in [5, 5.41) is 2.77. The van der Waals surface area contributed by atoms with Gasteiger partial charge in [-0.15, -0.1) is 0 Å². The Morgan fingerprint density at radius 1 is 1.07 bits per heavy atom. The molecule has 1 amide bonds. The first kappa shape index (κ1) is 21.1. The van der Waals surface area contributed by atoms with Gasteiger partial charge in [0.25, 0.3) is 0 Å². The lowest BCUT2D eigenvalue weighted by Crippen LogP contribution is -2.30. The van der Waals surface area contributed by atoms with Crippen LogP contribution in [0.1, 0.15) is 23.6 Å². The molecule has 0 spiro atoms. The number of rotatable bonds is 8. The van der Waals surface area contributed by atoms with Crippen LogP contribution in [0.4, 0.5) is 5.69 Å². The fourth-order valence-electron chi connectivity index (χ4n) is 2.77. The van der Waals surface area contributed by atoms with Crippen molar-refractivity contribution in [3.05, 3.63) is 59.2 Å². The van der Waals surface area contributed by atoms with Crippen LogP contribution in [0.3, 0.4) is 0 Å². The molecule has 0 saturated carbocycles. The summed E-state index contributed by atoms with van der Waals surface area (Å²) >= 11 is 0. The summed E-state index contributed by atoms with van der Waals surface area (Å²) in [5.41, 5.74) is 3.50. The van der Waals surface area contributed by atoms with Crippen molar-refractivity contribution in [3.63, 3.8) is 0 Å². The number of sulfonamides is 1. The normalized spacial score (nSPS) is 11.6. The molecule has 6 nitrogen and oxygen atoms in total. The SMILES string of the molecule is CCc1ccc(CN(C)CC(=O)Nc2ccc(C)c(S(=O)(=O)NC)c2)cc1. The lowest BCUT2D eigenvalue weighted by molar-refractivity contribution is -0.117. The van der Waals surface area contributed by atoms with Gasteiger partial charge in [0, 0.05) is 12.2 Å². The Morgan fingerprint density at radius 3 is 2.30 bits per heavy atom. The van der Waals surface area contributed by atoms with Gasteiger partial charge in [-0.25, -0.2) is 13.1 Å². The molecule has 0 aliphatic carbocycles. The molecule has 0 fully saturated rings. The summed E-state index contributed by atoms with van der Waals surface area (Å²) in [4.78, 5) is 14.4. The molecule has 2 N–H and O–H groups in total. The maximum absolute atomic E-state index is 12.3. The smallest absolute Gasteiger partial charge is 0.240 e. The van der Waals surface area contributed by atoms with Gasteiger partial charge in [0.15, 0.2) is 0 Å². The van der Waals surface area contributed by atoms with Gasteiger partial charge in [0.1, 0.15) is 0 Å². The van der Waals surface area contributed by atoms with E-state index in [1.165, 1.54) is 18.7 Å². The highest BCUT2D eigenvalue weighted by Crippen LogP contribution is 2.20. The van der Waals surface area contributed by atoms with E-state index in [0.29, 0.717) is 17.8 Å². The second kappa shape index (κ2) is 9.12. The predicted octanol–water partition coefficient (Wildman–Crippen LogP) is 2.54. The topological polar surface area (TPSA) is 78.5 Å². The quantitative estimate of drug-likeness (QED) is 0.727. The van der Waals surface area contributed by atoms with Gasteiger partial charge in [-0.3, -0.25) is 9.69 Å². The van der Waals surface area contributed by atoms with E-state index in [9.17, 15) is 13.2 Å². The summed E-state index contributed by atoms with van der Waals surface area (Å²) in [5.74, 6) is -0.195. The Labute approximate surface area is 161 Å². The van der Waals surface area contributed by atoms with Gasteiger partial charge in [-0.1, -0.05) is 37.3 Å². The average molecular weight is 390 g/mol. The maximum atomic E-state index is 12.3. The van der Waals surface area contributed by atoms with E-state index < -0.39 is 10.0 Å². The molecule has 0 bridgehead atoms. The minimum Gasteiger partial charge on any atom is -0.325 e. The molecule has 0 aromatic heterocycles. The molecule has 27 heavy (non-hydrogen) atoms. The average Bonchev–Trinajstić information content (AvgIpc) is 2.63. The largest absolute Gasteiger partial charge is 0.325 e. The minimum atomic E-state index is -3.57. The summed E-state index contributed by atoms with van der Waals surface area (Å²) in [7, 11) is -0.331. The van der Waals surface area contributed by atoms with Crippen LogP contribution in [0.25, 0.3) is 0 Å². The molecular weight excluding hydrogens is 362 g/mol. The minimum absolute atomic E-state index is 0.159. The van der Waals surface area contributed by atoms with E-state index in [1.54, 1.807) is 19.1 Å². The van der Waals surface area contributed by atoms with E-state index in [4.69, 9.17) is 0 Å². The second-order valence-corrected chi connectivity index (χ2v) is 8.43. The Hall–Kier alpha value is -2.22. The highest BCUT2D eigenvalue weighted by Gasteiger charge is 2.16. The van der Waals surface area contributed by atoms with E-state index in [0.717, 1.165) is 12.0 Å². The maximum Gasteiger partial charge on any atom is 0.240 e. The van der Waals surface area contributed by atoms with Crippen molar-refractivity contribution in [3.8, 4) is 0 Å². The third kappa shape index (κ3) is 5.89. The zero-order valence-corrected chi connectivity index (χ0v) is 17.1. The van der Waals surface area contributed by atoms with Gasteiger partial charge in [-0.2, -0.15) is 0 Å². The molecule has 0 atom stereocenters. The fraction of sp³-hybridized carbons (Fsp3) is 0.350. The number of aryl methyl sites for hydroxylation is 2. The first-order chi connectivity index (χ1) is 12.7. The van der Waals surface area contributed by atoms with Crippen molar-refractivity contribution < 1.29 is 13.2 Å². The number of nitrogens with one attached hydrogen (secondary N) is 2. The molecule has 0 radical (unpaired) electrons. The van der Waals surface area contributed by atoms with E-state index >= 15 is 0 Å². The monoisotopic (exact) mass is 389 g/mol. The zero-order chi connectivity index (χ0) is 20.0. The number of likely N-dealkylation sites (N-methyl/N-ethyl adjacent to an activating group) is 1. The lowest BCUT2D eigenvalue weighted by atomic mass is 10.1. The molecule has 146 valence electrons. The molecule has 2 aromatic carbocycles. The Kier molecular flexibility index (Phi) is 7.12. The molecule has 0 unspecified atom stereocenters. The van der Waals surface area contributed by atoms with E-state index in [2.05, 4.69) is 41.2 Å². The van der Waals surface area contributed by atoms with Gasteiger partial charge in [0.05, 0.1) is 11.4 Å². The predicted molar refractivity (Wildman–Crippen MR) is 108 cm³/mol. The number of hydrogen-bond donors (Lipinski definition) is 2. The standard InChI is InChI=1S/C20H27N3O3S/c1-5-16-7-9-17(10-8-16)13-23(4)14-20(24)22-18-11-6-15(2)19(12-18)27(25,26)21-3/h6-12,21H,5,13-14H2,1-4H3,(H,22,24). The molecule has 0 aliphatic rings. The van der Waals surface area contributed by atoms with Crippen molar-refractivity contribution in [1.82, 2.24) is 9.62 Å². The van der Waals surface area contributed by atoms with Gasteiger partial charge in [0.2, 0.25) is 15.9 Å². The van der Waals surface area contributed by atoms with E-state index in [1.807, 2.05) is 11.9 Å². The van der Waals surface area contributed by atoms with Crippen molar-refractivity contribution in [1.29, 1.82) is 0 Å². The first-order valence-electron chi connectivity index (χ1n) is 8.85. The van der Waals surface area contributed by atoms with Crippen molar-refractivity contribution >= 4 is 21.6 Å². The molecule has 0 heterocycles. The highest BCUT2D eigenvalue weighted by atomic mass is 32.2. The highest BCUT2D eigenvalue weighted by molar-refractivity contribution is 7.89. The van der Waals surface area contributed by atoms with Gasteiger partial charge in [-0.05, 0) is 56.3 Å². The molecule has 2 rings (SSSR count). The van der Waals surface area contributed by atoms with Gasteiger partial charge < -0.3 is 5.32 Å². The Morgan fingerprint density at radius 2 is 1.70 bits per heavy atom. The van der Waals surface area contributed by atoms with Crippen LogP contribution >= 0.6 is 0 Å². The zero-order valence-electron chi connectivity index (χ0n) is 16.2. The molecule has 2 aromatic rings. The first-order valence-corrected chi connectivity index (χ1v) is 10.3. The molecular formula is C20H27N3O3S. The molecule has 0 saturated heterocycles. The summed E-state index contributed by atoms with van der Waals surface area (Å²) in [6.07, 6.45) is 1.00. The van der Waals surface area contributed by atoms with Crippen LogP contribution in [0.15, 0.2) is 47.4 Å². The van der Waals surface area contributed by atoms with Crippen LogP contribution in [0, 0.1) is 6.92 Å². The van der Waals surface area contributed by atoms with Crippen LogP contribution in [0.5, 0.6) is 0 Å². The van der Waals surface area contributed by atoms with Crippen LogP contribution < -0.4 is 10.0 Å². The van der Waals surface area contributed by atoms with Crippen molar-refractivity contribution in [2.45, 2.75) is 31.7 Å².